The van der Waals surface area contributed by atoms with Crippen LogP contribution < -0.4 is 0 Å². The van der Waals surface area contributed by atoms with Gasteiger partial charge in [0.05, 0.1) is 0 Å². The molecule has 2 heteroatoms. The van der Waals surface area contributed by atoms with E-state index in [2.05, 4.69) is 27.7 Å². The highest BCUT2D eigenvalue weighted by molar-refractivity contribution is 4.78. The fourth-order valence-electron chi connectivity index (χ4n) is 0.947. The zero-order valence-electron chi connectivity index (χ0n) is 5.93. The Morgan fingerprint density at radius 2 is 1.75 bits per heavy atom. The standard InChI is InChI=1S/C6H13NO/c1-5(2)7-6(3,4)8-7/h5H,1-4H3. The molecule has 48 valence electrons. The molecule has 1 heterocycles. The second-order valence-electron chi connectivity index (χ2n) is 2.96. The first-order chi connectivity index (χ1) is 3.54. The summed E-state index contributed by atoms with van der Waals surface area (Å²) in [4.78, 5) is 5.20. The third kappa shape index (κ3) is 0.858. The summed E-state index contributed by atoms with van der Waals surface area (Å²) in [6.45, 7) is 8.36. The average molecular weight is 115 g/mol. The van der Waals surface area contributed by atoms with E-state index in [4.69, 9.17) is 4.84 Å². The minimum atomic E-state index is 0.0220. The van der Waals surface area contributed by atoms with Crippen LogP contribution in [-0.4, -0.2) is 16.8 Å². The van der Waals surface area contributed by atoms with E-state index in [9.17, 15) is 0 Å². The minimum Gasteiger partial charge on any atom is -0.272 e. The maximum atomic E-state index is 5.20. The Bertz CT molecular complexity index is 98.7. The Labute approximate surface area is 50.4 Å². The van der Waals surface area contributed by atoms with Crippen LogP contribution >= 0.6 is 0 Å². The van der Waals surface area contributed by atoms with E-state index in [0.29, 0.717) is 6.04 Å². The molecule has 0 aromatic carbocycles. The van der Waals surface area contributed by atoms with Crippen molar-refractivity contribution >= 4 is 0 Å². The zero-order valence-corrected chi connectivity index (χ0v) is 5.93. The SMILES string of the molecule is CC(C)N1OC1(C)C. The van der Waals surface area contributed by atoms with Crippen LogP contribution in [0.15, 0.2) is 0 Å². The zero-order chi connectivity index (χ0) is 6.36. The van der Waals surface area contributed by atoms with E-state index < -0.39 is 0 Å². The van der Waals surface area contributed by atoms with Gasteiger partial charge < -0.3 is 0 Å². The van der Waals surface area contributed by atoms with Gasteiger partial charge in [-0.2, -0.15) is 5.06 Å². The number of rotatable bonds is 1. The van der Waals surface area contributed by atoms with Crippen molar-refractivity contribution in [2.24, 2.45) is 0 Å². The lowest BCUT2D eigenvalue weighted by Crippen LogP contribution is -2.16. The Morgan fingerprint density at radius 1 is 1.38 bits per heavy atom. The predicted molar refractivity (Wildman–Crippen MR) is 32.1 cm³/mol. The number of hydrogen-bond donors (Lipinski definition) is 0. The molecule has 1 unspecified atom stereocenters. The van der Waals surface area contributed by atoms with Crippen LogP contribution in [0.4, 0.5) is 0 Å². The molecule has 0 radical (unpaired) electrons. The molecule has 0 N–H and O–H groups in total. The molecule has 1 aliphatic heterocycles. The van der Waals surface area contributed by atoms with Gasteiger partial charge in [-0.1, -0.05) is 0 Å². The van der Waals surface area contributed by atoms with Gasteiger partial charge in [0.2, 0.25) is 0 Å². The molecule has 0 spiro atoms. The molecule has 0 aliphatic carbocycles. The van der Waals surface area contributed by atoms with Crippen LogP contribution in [0.3, 0.4) is 0 Å². The molecule has 1 aliphatic rings. The summed E-state index contributed by atoms with van der Waals surface area (Å²) < 4.78 is 0. The van der Waals surface area contributed by atoms with Gasteiger partial charge in [0.15, 0.2) is 5.72 Å². The second kappa shape index (κ2) is 1.45. The van der Waals surface area contributed by atoms with Gasteiger partial charge >= 0.3 is 0 Å². The third-order valence-corrected chi connectivity index (χ3v) is 1.29. The summed E-state index contributed by atoms with van der Waals surface area (Å²) in [6, 6.07) is 0.519. The Morgan fingerprint density at radius 3 is 1.75 bits per heavy atom. The second-order valence-corrected chi connectivity index (χ2v) is 2.96. The van der Waals surface area contributed by atoms with Crippen molar-refractivity contribution in [3.05, 3.63) is 0 Å². The molecule has 0 amide bonds. The van der Waals surface area contributed by atoms with Gasteiger partial charge in [-0.3, -0.25) is 4.84 Å². The topological polar surface area (TPSA) is 15.5 Å². The van der Waals surface area contributed by atoms with Crippen molar-refractivity contribution in [2.45, 2.75) is 39.5 Å². The molecule has 0 bridgehead atoms. The third-order valence-electron chi connectivity index (χ3n) is 1.29. The molecule has 1 atom stereocenters. The molecule has 1 fully saturated rings. The highest BCUT2D eigenvalue weighted by Gasteiger charge is 2.47. The van der Waals surface area contributed by atoms with E-state index in [0.717, 1.165) is 0 Å². The molecule has 0 saturated carbocycles. The Kier molecular flexibility index (Phi) is 1.10. The fraction of sp³-hybridized carbons (Fsp3) is 1.00. The lowest BCUT2D eigenvalue weighted by atomic mass is 10.3. The van der Waals surface area contributed by atoms with Gasteiger partial charge in [-0.25, -0.2) is 0 Å². The van der Waals surface area contributed by atoms with Crippen molar-refractivity contribution in [1.29, 1.82) is 0 Å². The van der Waals surface area contributed by atoms with Crippen LogP contribution in [0.5, 0.6) is 0 Å². The average Bonchev–Trinajstić information content (AvgIpc) is 2.13. The van der Waals surface area contributed by atoms with Crippen molar-refractivity contribution in [2.75, 3.05) is 0 Å². The van der Waals surface area contributed by atoms with Crippen molar-refractivity contribution < 1.29 is 4.84 Å². The summed E-state index contributed by atoms with van der Waals surface area (Å²) in [5.41, 5.74) is 0.0220. The highest BCUT2D eigenvalue weighted by atomic mass is 16.9. The fourth-order valence-corrected chi connectivity index (χ4v) is 0.947. The van der Waals surface area contributed by atoms with E-state index in [1.807, 2.05) is 5.06 Å². The van der Waals surface area contributed by atoms with Gasteiger partial charge in [-0.05, 0) is 27.7 Å². The Hall–Kier alpha value is -0.0800. The van der Waals surface area contributed by atoms with Gasteiger partial charge in [-0.15, -0.1) is 0 Å². The van der Waals surface area contributed by atoms with Gasteiger partial charge in [0.25, 0.3) is 0 Å². The van der Waals surface area contributed by atoms with Crippen LogP contribution in [0.2, 0.25) is 0 Å². The molecule has 0 aromatic rings. The van der Waals surface area contributed by atoms with Gasteiger partial charge in [0.1, 0.15) is 0 Å². The molecule has 2 nitrogen and oxygen atoms in total. The summed E-state index contributed by atoms with van der Waals surface area (Å²) in [7, 11) is 0. The normalized spacial score (nSPS) is 33.4. The van der Waals surface area contributed by atoms with Crippen molar-refractivity contribution in [1.82, 2.24) is 5.06 Å². The summed E-state index contributed by atoms with van der Waals surface area (Å²) in [6.07, 6.45) is 0. The quantitative estimate of drug-likeness (QED) is 0.480. The lowest BCUT2D eigenvalue weighted by molar-refractivity contribution is 0.162. The van der Waals surface area contributed by atoms with Gasteiger partial charge in [0, 0.05) is 6.04 Å². The Balaban J connectivity index is 2.37. The molecule has 8 heavy (non-hydrogen) atoms. The first kappa shape index (κ1) is 6.05. The maximum absolute atomic E-state index is 5.20. The van der Waals surface area contributed by atoms with Crippen LogP contribution in [-0.2, 0) is 4.84 Å². The minimum absolute atomic E-state index is 0.0220. The number of hydrogen-bond acceptors (Lipinski definition) is 2. The number of hydroxylamine groups is 2. The van der Waals surface area contributed by atoms with Crippen LogP contribution in [0.25, 0.3) is 0 Å². The molecule has 1 rings (SSSR count). The van der Waals surface area contributed by atoms with E-state index in [1.54, 1.807) is 0 Å². The largest absolute Gasteiger partial charge is 0.272 e. The molecular formula is C6H13NO. The van der Waals surface area contributed by atoms with E-state index >= 15 is 0 Å². The maximum Gasteiger partial charge on any atom is 0.159 e. The van der Waals surface area contributed by atoms with Crippen LogP contribution in [0.1, 0.15) is 27.7 Å². The smallest absolute Gasteiger partial charge is 0.159 e. The van der Waals surface area contributed by atoms with E-state index in [-0.39, 0.29) is 5.72 Å². The van der Waals surface area contributed by atoms with Crippen molar-refractivity contribution in [3.8, 4) is 0 Å². The molecule has 0 aromatic heterocycles. The van der Waals surface area contributed by atoms with Crippen molar-refractivity contribution in [3.63, 3.8) is 0 Å². The summed E-state index contributed by atoms with van der Waals surface area (Å²) in [5.74, 6) is 0. The molecule has 1 saturated heterocycles. The van der Waals surface area contributed by atoms with E-state index in [1.165, 1.54) is 0 Å². The summed E-state index contributed by atoms with van der Waals surface area (Å²) in [5, 5.41) is 1.98. The molecular weight excluding hydrogens is 102 g/mol. The number of nitrogens with zero attached hydrogens (tertiary/aromatic N) is 1. The summed E-state index contributed by atoms with van der Waals surface area (Å²) >= 11 is 0. The lowest BCUT2D eigenvalue weighted by Gasteiger charge is -2.01. The van der Waals surface area contributed by atoms with Crippen LogP contribution in [0, 0.1) is 0 Å². The predicted octanol–water partition coefficient (Wildman–Crippen LogP) is 1.38. The highest BCUT2D eigenvalue weighted by Crippen LogP contribution is 2.35. The first-order valence-electron chi connectivity index (χ1n) is 3.02. The monoisotopic (exact) mass is 115 g/mol. The first-order valence-corrected chi connectivity index (χ1v) is 3.02.